The van der Waals surface area contributed by atoms with Crippen molar-refractivity contribution < 1.29 is 35.6 Å². The zero-order valence-electron chi connectivity index (χ0n) is 18.7. The quantitative estimate of drug-likeness (QED) is 0.461. The first-order valence-corrected chi connectivity index (χ1v) is 12.2. The molecule has 11 heteroatoms. The second kappa shape index (κ2) is 10.8. The number of halogens is 3. The van der Waals surface area contributed by atoms with Gasteiger partial charge in [0, 0.05) is 6.42 Å². The van der Waals surface area contributed by atoms with Crippen molar-refractivity contribution in [2.24, 2.45) is 0 Å². The van der Waals surface area contributed by atoms with E-state index in [0.29, 0.717) is 5.76 Å². The Morgan fingerprint density at radius 3 is 2.31 bits per heavy atom. The molecule has 0 bridgehead atoms. The van der Waals surface area contributed by atoms with Crippen molar-refractivity contribution >= 4 is 27.3 Å². The van der Waals surface area contributed by atoms with Crippen LogP contribution in [0.15, 0.2) is 76.2 Å². The Morgan fingerprint density at radius 1 is 1.00 bits per heavy atom. The minimum Gasteiger partial charge on any atom is -0.467 e. The highest BCUT2D eigenvalue weighted by molar-refractivity contribution is 7.91. The predicted molar refractivity (Wildman–Crippen MR) is 122 cm³/mol. The van der Waals surface area contributed by atoms with Gasteiger partial charge in [-0.3, -0.25) is 9.59 Å². The van der Waals surface area contributed by atoms with Crippen LogP contribution < -0.4 is 5.32 Å². The third-order valence-corrected chi connectivity index (χ3v) is 6.82. The maximum absolute atomic E-state index is 13.2. The molecule has 0 aliphatic carbocycles. The van der Waals surface area contributed by atoms with Crippen molar-refractivity contribution in [3.05, 3.63) is 83.8 Å². The van der Waals surface area contributed by atoms with Gasteiger partial charge in [-0.2, -0.15) is 13.2 Å². The average Bonchev–Trinajstić information content (AvgIpc) is 3.30. The van der Waals surface area contributed by atoms with Crippen molar-refractivity contribution in [1.29, 1.82) is 0 Å². The van der Waals surface area contributed by atoms with Crippen molar-refractivity contribution in [2.45, 2.75) is 31.0 Å². The van der Waals surface area contributed by atoms with Crippen LogP contribution >= 0.6 is 0 Å². The molecule has 186 valence electrons. The molecule has 0 saturated carbocycles. The first-order chi connectivity index (χ1) is 16.5. The van der Waals surface area contributed by atoms with E-state index >= 15 is 0 Å². The lowest BCUT2D eigenvalue weighted by atomic mass is 10.1. The molecule has 0 atom stereocenters. The van der Waals surface area contributed by atoms with E-state index in [9.17, 15) is 31.2 Å². The van der Waals surface area contributed by atoms with Gasteiger partial charge in [0.05, 0.1) is 34.7 Å². The fourth-order valence-electron chi connectivity index (χ4n) is 3.27. The second-order valence-electron chi connectivity index (χ2n) is 7.80. The van der Waals surface area contributed by atoms with Crippen molar-refractivity contribution in [2.75, 3.05) is 17.6 Å². The molecule has 0 saturated heterocycles. The number of furan rings is 1. The molecule has 1 heterocycles. The minimum atomic E-state index is -4.68. The maximum Gasteiger partial charge on any atom is 0.418 e. The number of aryl methyl sites for hydroxylation is 1. The zero-order chi connectivity index (χ0) is 25.6. The summed E-state index contributed by atoms with van der Waals surface area (Å²) >= 11 is 0. The molecule has 1 N–H and O–H groups in total. The number of rotatable bonds is 9. The van der Waals surface area contributed by atoms with Crippen molar-refractivity contribution in [3.63, 3.8) is 0 Å². The zero-order valence-corrected chi connectivity index (χ0v) is 19.5. The molecule has 0 fully saturated rings. The van der Waals surface area contributed by atoms with Crippen LogP contribution in [0.1, 0.15) is 23.3 Å². The lowest BCUT2D eigenvalue weighted by molar-refractivity contribution is -0.137. The fraction of sp³-hybridized carbons (Fsp3) is 0.250. The van der Waals surface area contributed by atoms with E-state index in [0.717, 1.165) is 22.6 Å². The van der Waals surface area contributed by atoms with E-state index < -0.39 is 57.8 Å². The SMILES string of the molecule is Cc1ccc(S(=O)(=O)CCC(=O)N(CC(=O)Nc2ccccc2C(F)(F)F)Cc2ccco2)cc1. The molecular weight excluding hydrogens is 485 g/mol. The molecule has 3 rings (SSSR count). The summed E-state index contributed by atoms with van der Waals surface area (Å²) in [6, 6.07) is 13.8. The van der Waals surface area contributed by atoms with E-state index in [1.54, 1.807) is 24.3 Å². The number of hydrogen-bond donors (Lipinski definition) is 1. The van der Waals surface area contributed by atoms with Crippen LogP contribution in [0.5, 0.6) is 0 Å². The summed E-state index contributed by atoms with van der Waals surface area (Å²) in [5.74, 6) is -1.72. The highest BCUT2D eigenvalue weighted by Gasteiger charge is 2.33. The van der Waals surface area contributed by atoms with E-state index in [2.05, 4.69) is 5.32 Å². The van der Waals surface area contributed by atoms with Crippen LogP contribution in [-0.2, 0) is 32.1 Å². The molecule has 1 aromatic heterocycles. The van der Waals surface area contributed by atoms with Crippen LogP contribution in [0, 0.1) is 6.92 Å². The third kappa shape index (κ3) is 7.19. The Balaban J connectivity index is 1.72. The minimum absolute atomic E-state index is 0.0648. The second-order valence-corrected chi connectivity index (χ2v) is 9.91. The highest BCUT2D eigenvalue weighted by atomic mass is 32.2. The van der Waals surface area contributed by atoms with Gasteiger partial charge in [0.2, 0.25) is 11.8 Å². The molecule has 0 aliphatic rings. The van der Waals surface area contributed by atoms with Gasteiger partial charge in [0.15, 0.2) is 9.84 Å². The molecule has 3 aromatic rings. The van der Waals surface area contributed by atoms with E-state index in [1.165, 1.54) is 30.5 Å². The Morgan fingerprint density at radius 2 is 1.69 bits per heavy atom. The summed E-state index contributed by atoms with van der Waals surface area (Å²) in [7, 11) is -3.76. The number of nitrogens with one attached hydrogen (secondary N) is 1. The molecule has 35 heavy (non-hydrogen) atoms. The Labute approximate surface area is 200 Å². The number of amides is 2. The monoisotopic (exact) mass is 508 g/mol. The fourth-order valence-corrected chi connectivity index (χ4v) is 4.50. The number of sulfone groups is 1. The van der Waals surface area contributed by atoms with Crippen molar-refractivity contribution in [3.8, 4) is 0 Å². The van der Waals surface area contributed by atoms with Gasteiger partial charge < -0.3 is 14.6 Å². The van der Waals surface area contributed by atoms with Crippen molar-refractivity contribution in [1.82, 2.24) is 4.90 Å². The molecule has 0 radical (unpaired) electrons. The van der Waals surface area contributed by atoms with Crippen LogP contribution in [0.4, 0.5) is 18.9 Å². The Hall–Kier alpha value is -3.60. The van der Waals surface area contributed by atoms with Gasteiger partial charge in [0.25, 0.3) is 0 Å². The third-order valence-electron chi connectivity index (χ3n) is 5.09. The average molecular weight is 509 g/mol. The van der Waals surface area contributed by atoms with Crippen LogP contribution in [0.25, 0.3) is 0 Å². The summed E-state index contributed by atoms with van der Waals surface area (Å²) in [4.78, 5) is 26.5. The number of anilines is 1. The number of para-hydroxylation sites is 1. The number of carbonyl (C=O) groups is 2. The first-order valence-electron chi connectivity index (χ1n) is 10.5. The number of alkyl halides is 3. The molecule has 7 nitrogen and oxygen atoms in total. The standard InChI is InChI=1S/C24H23F3N2O5S/c1-17-8-10-19(11-9-17)35(32,33)14-12-23(31)29(15-18-5-4-13-34-18)16-22(30)28-21-7-3-2-6-20(21)24(25,26)27/h2-11,13H,12,14-16H2,1H3,(H,28,30). The Bertz CT molecular complexity index is 1270. The lowest BCUT2D eigenvalue weighted by Crippen LogP contribution is -2.38. The lowest BCUT2D eigenvalue weighted by Gasteiger charge is -2.22. The normalized spacial score (nSPS) is 11.8. The molecule has 2 amide bonds. The van der Waals surface area contributed by atoms with E-state index in [1.807, 2.05) is 6.92 Å². The highest BCUT2D eigenvalue weighted by Crippen LogP contribution is 2.34. The van der Waals surface area contributed by atoms with E-state index in [-0.39, 0.29) is 11.4 Å². The predicted octanol–water partition coefficient (Wildman–Crippen LogP) is 4.44. The smallest absolute Gasteiger partial charge is 0.418 e. The summed E-state index contributed by atoms with van der Waals surface area (Å²) in [5, 5.41) is 2.18. The number of nitrogens with zero attached hydrogens (tertiary/aromatic N) is 1. The molecular formula is C24H23F3N2O5S. The maximum atomic E-state index is 13.2. The molecule has 2 aromatic carbocycles. The van der Waals surface area contributed by atoms with Gasteiger partial charge in [-0.05, 0) is 43.3 Å². The number of hydrogen-bond acceptors (Lipinski definition) is 5. The van der Waals surface area contributed by atoms with Gasteiger partial charge in [-0.15, -0.1) is 0 Å². The van der Waals surface area contributed by atoms with Gasteiger partial charge in [-0.1, -0.05) is 29.8 Å². The summed E-state index contributed by atoms with van der Waals surface area (Å²) in [5.41, 5.74) is -0.596. The number of carbonyl (C=O) groups excluding carboxylic acids is 2. The number of benzene rings is 2. The van der Waals surface area contributed by atoms with E-state index in [4.69, 9.17) is 4.42 Å². The Kier molecular flexibility index (Phi) is 8.00. The van der Waals surface area contributed by atoms with Gasteiger partial charge in [0.1, 0.15) is 12.3 Å². The summed E-state index contributed by atoms with van der Waals surface area (Å²) in [6.45, 7) is 1.05. The first kappa shape index (κ1) is 26.0. The summed E-state index contributed by atoms with van der Waals surface area (Å²) in [6.07, 6.45) is -3.75. The van der Waals surface area contributed by atoms with Gasteiger partial charge in [-0.25, -0.2) is 8.42 Å². The van der Waals surface area contributed by atoms with Crippen LogP contribution in [0.2, 0.25) is 0 Å². The molecule has 0 spiro atoms. The molecule has 0 aliphatic heterocycles. The van der Waals surface area contributed by atoms with Crippen LogP contribution in [0.3, 0.4) is 0 Å². The topological polar surface area (TPSA) is 96.7 Å². The largest absolute Gasteiger partial charge is 0.467 e. The summed E-state index contributed by atoms with van der Waals surface area (Å²) < 4.78 is 70.1. The molecule has 0 unspecified atom stereocenters. The van der Waals surface area contributed by atoms with Crippen LogP contribution in [-0.4, -0.2) is 37.4 Å². The van der Waals surface area contributed by atoms with Gasteiger partial charge >= 0.3 is 6.18 Å².